The Morgan fingerprint density at radius 3 is 2.89 bits per heavy atom. The van der Waals surface area contributed by atoms with E-state index in [0.717, 1.165) is 0 Å². The van der Waals surface area contributed by atoms with Crippen molar-refractivity contribution in [2.24, 2.45) is 0 Å². The van der Waals surface area contributed by atoms with Crippen molar-refractivity contribution >= 4 is 17.7 Å². The van der Waals surface area contributed by atoms with Crippen LogP contribution in [0, 0.1) is 0 Å². The molecule has 0 saturated carbocycles. The van der Waals surface area contributed by atoms with Gasteiger partial charge < -0.3 is 15.2 Å². The van der Waals surface area contributed by atoms with Crippen molar-refractivity contribution in [1.82, 2.24) is 5.32 Å². The Morgan fingerprint density at radius 1 is 1.42 bits per heavy atom. The van der Waals surface area contributed by atoms with Gasteiger partial charge in [-0.15, -0.1) is 0 Å². The number of hydrogen-bond donors (Lipinski definition) is 2. The van der Waals surface area contributed by atoms with Crippen LogP contribution in [-0.4, -0.2) is 36.3 Å². The zero-order chi connectivity index (χ0) is 13.8. The number of carbonyl (C=O) groups is 2. The molecular weight excluding hydrogens is 248 g/mol. The van der Waals surface area contributed by atoms with Crippen molar-refractivity contribution in [3.63, 3.8) is 0 Å². The average Bonchev–Trinajstić information content (AvgIpc) is 2.60. The van der Waals surface area contributed by atoms with E-state index in [1.54, 1.807) is 12.1 Å². The second-order valence-corrected chi connectivity index (χ2v) is 4.33. The maximum absolute atomic E-state index is 12.1. The van der Waals surface area contributed by atoms with E-state index < -0.39 is 18.0 Å². The average molecular weight is 264 g/mol. The Morgan fingerprint density at radius 2 is 2.16 bits per heavy atom. The summed E-state index contributed by atoms with van der Waals surface area (Å²) in [6.07, 6.45) is 0.698. The number of carboxylic acid groups (broad SMARTS) is 1. The molecule has 1 aliphatic heterocycles. The number of carboxylic acids is 1. The van der Waals surface area contributed by atoms with Crippen molar-refractivity contribution in [2.45, 2.75) is 19.4 Å². The number of fused-ring (bicyclic) bond motifs is 1. The molecule has 0 aromatic heterocycles. The Kier molecular flexibility index (Phi) is 3.89. The van der Waals surface area contributed by atoms with Crippen molar-refractivity contribution < 1.29 is 19.4 Å². The Bertz CT molecular complexity index is 489. The van der Waals surface area contributed by atoms with E-state index in [2.05, 4.69) is 5.32 Å². The van der Waals surface area contributed by atoms with Gasteiger partial charge in [0.2, 0.25) is 0 Å². The number of para-hydroxylation sites is 2. The Labute approximate surface area is 111 Å². The number of anilines is 1. The van der Waals surface area contributed by atoms with E-state index >= 15 is 0 Å². The molecule has 2 rings (SSSR count). The standard InChI is InChI=1S/C13H16N2O4/c1-9(12(16)17)14-13(18)15-7-4-8-19-11-6-3-2-5-10(11)15/h2-3,5-6,9H,4,7-8H2,1H3,(H,14,18)(H,16,17). The van der Waals surface area contributed by atoms with Gasteiger partial charge in [-0.05, 0) is 25.5 Å². The van der Waals surface area contributed by atoms with E-state index in [9.17, 15) is 9.59 Å². The maximum atomic E-state index is 12.1. The zero-order valence-electron chi connectivity index (χ0n) is 10.6. The van der Waals surface area contributed by atoms with Gasteiger partial charge in [-0.2, -0.15) is 0 Å². The summed E-state index contributed by atoms with van der Waals surface area (Å²) in [4.78, 5) is 24.4. The topological polar surface area (TPSA) is 78.9 Å². The number of nitrogens with one attached hydrogen (secondary N) is 1. The molecule has 19 heavy (non-hydrogen) atoms. The summed E-state index contributed by atoms with van der Waals surface area (Å²) in [6, 6.07) is 5.87. The van der Waals surface area contributed by atoms with Crippen molar-refractivity contribution in [3.05, 3.63) is 24.3 Å². The molecule has 0 aliphatic carbocycles. The molecule has 1 aromatic carbocycles. The molecule has 6 nitrogen and oxygen atoms in total. The first-order valence-electron chi connectivity index (χ1n) is 6.12. The summed E-state index contributed by atoms with van der Waals surface area (Å²) in [7, 11) is 0. The molecule has 2 N–H and O–H groups in total. The number of nitrogens with zero attached hydrogens (tertiary/aromatic N) is 1. The van der Waals surface area contributed by atoms with Gasteiger partial charge in [-0.3, -0.25) is 9.69 Å². The van der Waals surface area contributed by atoms with Crippen LogP contribution in [0.25, 0.3) is 0 Å². The summed E-state index contributed by atoms with van der Waals surface area (Å²) in [5, 5.41) is 11.3. The van der Waals surface area contributed by atoms with E-state index in [1.165, 1.54) is 11.8 Å². The van der Waals surface area contributed by atoms with Crippen molar-refractivity contribution in [3.8, 4) is 5.75 Å². The first-order chi connectivity index (χ1) is 9.09. The normalized spacial score (nSPS) is 15.7. The van der Waals surface area contributed by atoms with Crippen LogP contribution < -0.4 is 15.0 Å². The maximum Gasteiger partial charge on any atom is 0.325 e. The lowest BCUT2D eigenvalue weighted by atomic mass is 10.2. The number of hydrogen-bond acceptors (Lipinski definition) is 3. The molecule has 1 aliphatic rings. The van der Waals surface area contributed by atoms with Gasteiger partial charge in [0.25, 0.3) is 0 Å². The van der Waals surface area contributed by atoms with Crippen molar-refractivity contribution in [2.75, 3.05) is 18.1 Å². The van der Waals surface area contributed by atoms with Gasteiger partial charge in [0, 0.05) is 6.54 Å². The number of benzene rings is 1. The molecule has 0 fully saturated rings. The lowest BCUT2D eigenvalue weighted by Gasteiger charge is -2.23. The predicted octanol–water partition coefficient (Wildman–Crippen LogP) is 1.46. The highest BCUT2D eigenvalue weighted by molar-refractivity contribution is 5.95. The number of rotatable bonds is 2. The highest BCUT2D eigenvalue weighted by Crippen LogP contribution is 2.30. The number of urea groups is 1. The minimum absolute atomic E-state index is 0.423. The smallest absolute Gasteiger partial charge is 0.325 e. The Hall–Kier alpha value is -2.24. The Balaban J connectivity index is 2.19. The van der Waals surface area contributed by atoms with Crippen LogP contribution in [0.2, 0.25) is 0 Å². The third kappa shape index (κ3) is 2.96. The van der Waals surface area contributed by atoms with E-state index in [0.29, 0.717) is 31.0 Å². The van der Waals surface area contributed by atoms with Crippen LogP contribution >= 0.6 is 0 Å². The minimum atomic E-state index is -1.06. The molecule has 0 saturated heterocycles. The fourth-order valence-corrected chi connectivity index (χ4v) is 1.86. The van der Waals surface area contributed by atoms with Gasteiger partial charge in [-0.1, -0.05) is 12.1 Å². The van der Waals surface area contributed by atoms with Crippen molar-refractivity contribution in [1.29, 1.82) is 0 Å². The molecule has 6 heteroatoms. The van der Waals surface area contributed by atoms with E-state index in [4.69, 9.17) is 9.84 Å². The molecule has 102 valence electrons. The third-order valence-corrected chi connectivity index (χ3v) is 2.90. The molecule has 1 heterocycles. The quantitative estimate of drug-likeness (QED) is 0.847. The van der Waals surface area contributed by atoms with Crippen LogP contribution in [0.1, 0.15) is 13.3 Å². The second-order valence-electron chi connectivity index (χ2n) is 4.33. The van der Waals surface area contributed by atoms with Crippen LogP contribution in [-0.2, 0) is 4.79 Å². The van der Waals surface area contributed by atoms with Crippen LogP contribution in [0.4, 0.5) is 10.5 Å². The highest BCUT2D eigenvalue weighted by Gasteiger charge is 2.24. The van der Waals surface area contributed by atoms with Crippen LogP contribution in [0.3, 0.4) is 0 Å². The molecule has 1 atom stereocenters. The number of amides is 2. The first kappa shape index (κ1) is 13.2. The molecule has 1 aromatic rings. The fraction of sp³-hybridized carbons (Fsp3) is 0.385. The van der Waals surface area contributed by atoms with Gasteiger partial charge in [0.1, 0.15) is 11.8 Å². The SMILES string of the molecule is CC(NC(=O)N1CCCOc2ccccc21)C(=O)O. The second kappa shape index (κ2) is 5.60. The van der Waals surface area contributed by atoms with Gasteiger partial charge >= 0.3 is 12.0 Å². The largest absolute Gasteiger partial charge is 0.491 e. The lowest BCUT2D eigenvalue weighted by Crippen LogP contribution is -2.47. The predicted molar refractivity (Wildman–Crippen MR) is 69.5 cm³/mol. The number of aliphatic carboxylic acids is 1. The molecule has 0 radical (unpaired) electrons. The molecule has 0 bridgehead atoms. The highest BCUT2D eigenvalue weighted by atomic mass is 16.5. The monoisotopic (exact) mass is 264 g/mol. The summed E-state index contributed by atoms with van der Waals surface area (Å²) < 4.78 is 5.54. The van der Waals surface area contributed by atoms with E-state index in [1.807, 2.05) is 12.1 Å². The summed E-state index contributed by atoms with van der Waals surface area (Å²) >= 11 is 0. The van der Waals surface area contributed by atoms with Crippen LogP contribution in [0.15, 0.2) is 24.3 Å². The third-order valence-electron chi connectivity index (χ3n) is 2.90. The molecular formula is C13H16N2O4. The molecule has 0 spiro atoms. The van der Waals surface area contributed by atoms with Gasteiger partial charge in [0.05, 0.1) is 12.3 Å². The summed E-state index contributed by atoms with van der Waals surface area (Å²) in [5.41, 5.74) is 0.662. The van der Waals surface area contributed by atoms with E-state index in [-0.39, 0.29) is 0 Å². The summed E-state index contributed by atoms with van der Waals surface area (Å²) in [6.45, 7) is 2.46. The first-order valence-corrected chi connectivity index (χ1v) is 6.12. The minimum Gasteiger partial charge on any atom is -0.491 e. The van der Waals surface area contributed by atoms with Gasteiger partial charge in [0.15, 0.2) is 0 Å². The number of carbonyl (C=O) groups excluding carboxylic acids is 1. The summed E-state index contributed by atoms with van der Waals surface area (Å²) in [5.74, 6) is -0.425. The number of ether oxygens (including phenoxy) is 1. The molecule has 2 amide bonds. The van der Waals surface area contributed by atoms with Gasteiger partial charge in [-0.25, -0.2) is 4.79 Å². The lowest BCUT2D eigenvalue weighted by molar-refractivity contribution is -0.138. The zero-order valence-corrected chi connectivity index (χ0v) is 10.6. The fourth-order valence-electron chi connectivity index (χ4n) is 1.86. The molecule has 1 unspecified atom stereocenters. The van der Waals surface area contributed by atoms with Crippen LogP contribution in [0.5, 0.6) is 5.75 Å².